The van der Waals surface area contributed by atoms with Gasteiger partial charge in [-0.15, -0.1) is 0 Å². The molecule has 0 spiro atoms. The first kappa shape index (κ1) is 11.2. The van der Waals surface area contributed by atoms with Crippen LogP contribution in [0.3, 0.4) is 0 Å². The highest BCUT2D eigenvalue weighted by Crippen LogP contribution is 2.47. The molecule has 1 aromatic carbocycles. The van der Waals surface area contributed by atoms with Crippen molar-refractivity contribution in [2.75, 3.05) is 0 Å². The predicted octanol–water partition coefficient (Wildman–Crippen LogP) is 2.51. The standard InChI is InChI=1S/C12H9ClN2O3/c13-8-3-1-7(2-4-8)9-14-10(18-15-9)12(5-6-12)11(16)17/h1-4H,5-6H2,(H,16,17). The summed E-state index contributed by atoms with van der Waals surface area (Å²) in [6.45, 7) is 0. The monoisotopic (exact) mass is 264 g/mol. The number of hydrogen-bond donors (Lipinski definition) is 1. The van der Waals surface area contributed by atoms with Crippen LogP contribution in [0.2, 0.25) is 5.02 Å². The molecule has 18 heavy (non-hydrogen) atoms. The highest BCUT2D eigenvalue weighted by atomic mass is 35.5. The zero-order chi connectivity index (χ0) is 12.8. The van der Waals surface area contributed by atoms with Crippen molar-refractivity contribution in [1.29, 1.82) is 0 Å². The molecule has 0 amide bonds. The summed E-state index contributed by atoms with van der Waals surface area (Å²) in [6.07, 6.45) is 1.09. The molecule has 0 aliphatic heterocycles. The number of hydrogen-bond acceptors (Lipinski definition) is 4. The first-order valence-corrected chi connectivity index (χ1v) is 5.83. The third-order valence-electron chi connectivity index (χ3n) is 3.10. The van der Waals surface area contributed by atoms with Gasteiger partial charge in [-0.3, -0.25) is 4.79 Å². The molecule has 0 atom stereocenters. The molecule has 6 heteroatoms. The van der Waals surface area contributed by atoms with Gasteiger partial charge in [0.15, 0.2) is 0 Å². The second-order valence-electron chi connectivity index (χ2n) is 4.32. The van der Waals surface area contributed by atoms with Crippen molar-refractivity contribution in [3.05, 3.63) is 35.2 Å². The summed E-state index contributed by atoms with van der Waals surface area (Å²) < 4.78 is 5.06. The fourth-order valence-corrected chi connectivity index (χ4v) is 1.90. The SMILES string of the molecule is O=C(O)C1(c2nc(-c3ccc(Cl)cc3)no2)CC1. The number of rotatable bonds is 3. The largest absolute Gasteiger partial charge is 0.480 e. The van der Waals surface area contributed by atoms with Gasteiger partial charge >= 0.3 is 5.97 Å². The molecule has 0 radical (unpaired) electrons. The maximum absolute atomic E-state index is 11.1. The Kier molecular flexibility index (Phi) is 2.38. The molecule has 1 aliphatic carbocycles. The third-order valence-corrected chi connectivity index (χ3v) is 3.35. The Morgan fingerprint density at radius 3 is 2.56 bits per heavy atom. The van der Waals surface area contributed by atoms with Gasteiger partial charge in [0.2, 0.25) is 11.7 Å². The van der Waals surface area contributed by atoms with E-state index in [1.165, 1.54) is 0 Å². The smallest absolute Gasteiger partial charge is 0.319 e. The summed E-state index contributed by atoms with van der Waals surface area (Å²) >= 11 is 5.79. The van der Waals surface area contributed by atoms with Crippen LogP contribution in [0.1, 0.15) is 18.7 Å². The van der Waals surface area contributed by atoms with Crippen LogP contribution in [0.5, 0.6) is 0 Å². The molecule has 1 aromatic heterocycles. The number of carboxylic acid groups (broad SMARTS) is 1. The second-order valence-corrected chi connectivity index (χ2v) is 4.75. The molecule has 3 rings (SSSR count). The minimum Gasteiger partial charge on any atom is -0.480 e. The highest BCUT2D eigenvalue weighted by Gasteiger charge is 2.56. The van der Waals surface area contributed by atoms with Crippen LogP contribution in [0, 0.1) is 0 Å². The molecular formula is C12H9ClN2O3. The molecule has 5 nitrogen and oxygen atoms in total. The first-order valence-electron chi connectivity index (χ1n) is 5.45. The van der Waals surface area contributed by atoms with E-state index in [9.17, 15) is 4.79 Å². The van der Waals surface area contributed by atoms with Gasteiger partial charge in [-0.1, -0.05) is 16.8 Å². The Labute approximate surface area is 107 Å². The number of carbonyl (C=O) groups is 1. The van der Waals surface area contributed by atoms with Crippen molar-refractivity contribution in [2.45, 2.75) is 18.3 Å². The van der Waals surface area contributed by atoms with Gasteiger partial charge in [0.25, 0.3) is 0 Å². The predicted molar refractivity (Wildman–Crippen MR) is 63.3 cm³/mol. The lowest BCUT2D eigenvalue weighted by molar-refractivity contribution is -0.140. The molecule has 2 aromatic rings. The number of benzene rings is 1. The lowest BCUT2D eigenvalue weighted by Gasteiger charge is -2.00. The second kappa shape index (κ2) is 3.81. The Morgan fingerprint density at radius 2 is 2.00 bits per heavy atom. The normalized spacial score (nSPS) is 16.5. The Balaban J connectivity index is 1.95. The van der Waals surface area contributed by atoms with Crippen LogP contribution in [0.4, 0.5) is 0 Å². The molecule has 1 saturated carbocycles. The first-order chi connectivity index (χ1) is 8.62. The summed E-state index contributed by atoms with van der Waals surface area (Å²) in [5.41, 5.74) is -0.215. The van der Waals surface area contributed by atoms with Crippen LogP contribution < -0.4 is 0 Å². The number of carboxylic acids is 1. The van der Waals surface area contributed by atoms with Crippen molar-refractivity contribution < 1.29 is 14.4 Å². The van der Waals surface area contributed by atoms with Crippen molar-refractivity contribution >= 4 is 17.6 Å². The van der Waals surface area contributed by atoms with Crippen LogP contribution in [0.15, 0.2) is 28.8 Å². The van der Waals surface area contributed by atoms with E-state index in [2.05, 4.69) is 10.1 Å². The Hall–Kier alpha value is -1.88. The quantitative estimate of drug-likeness (QED) is 0.922. The minimum atomic E-state index is -0.961. The molecule has 1 N–H and O–H groups in total. The molecule has 1 aliphatic rings. The summed E-state index contributed by atoms with van der Waals surface area (Å²) in [5.74, 6) is -0.344. The van der Waals surface area contributed by atoms with E-state index in [1.54, 1.807) is 24.3 Å². The van der Waals surface area contributed by atoms with Crippen LogP contribution in [-0.2, 0) is 10.2 Å². The third kappa shape index (κ3) is 1.67. The average molecular weight is 265 g/mol. The van der Waals surface area contributed by atoms with Crippen molar-refractivity contribution in [3.8, 4) is 11.4 Å². The zero-order valence-electron chi connectivity index (χ0n) is 9.26. The van der Waals surface area contributed by atoms with Crippen LogP contribution in [-0.4, -0.2) is 21.2 Å². The zero-order valence-corrected chi connectivity index (χ0v) is 10.0. The number of halogens is 1. The number of aliphatic carboxylic acids is 1. The van der Waals surface area contributed by atoms with Gasteiger partial charge < -0.3 is 9.63 Å². The van der Waals surface area contributed by atoms with Gasteiger partial charge in [-0.2, -0.15) is 4.98 Å². The van der Waals surface area contributed by atoms with Gasteiger partial charge in [-0.05, 0) is 37.1 Å². The number of nitrogens with zero attached hydrogens (tertiary/aromatic N) is 2. The molecule has 0 bridgehead atoms. The van der Waals surface area contributed by atoms with Crippen molar-refractivity contribution in [2.24, 2.45) is 0 Å². The fourth-order valence-electron chi connectivity index (χ4n) is 1.78. The van der Waals surface area contributed by atoms with E-state index < -0.39 is 11.4 Å². The van der Waals surface area contributed by atoms with Gasteiger partial charge in [0, 0.05) is 10.6 Å². The highest BCUT2D eigenvalue weighted by molar-refractivity contribution is 6.30. The summed E-state index contributed by atoms with van der Waals surface area (Å²) in [6, 6.07) is 6.96. The van der Waals surface area contributed by atoms with E-state index in [-0.39, 0.29) is 5.89 Å². The molecule has 0 unspecified atom stereocenters. The minimum absolute atomic E-state index is 0.181. The van der Waals surface area contributed by atoms with Gasteiger partial charge in [0.05, 0.1) is 0 Å². The molecular weight excluding hydrogens is 256 g/mol. The molecule has 92 valence electrons. The van der Waals surface area contributed by atoms with Crippen LogP contribution in [0.25, 0.3) is 11.4 Å². The Bertz CT molecular complexity index is 602. The topological polar surface area (TPSA) is 76.2 Å². The lowest BCUT2D eigenvalue weighted by Crippen LogP contribution is -2.19. The average Bonchev–Trinajstić information content (AvgIpc) is 3.03. The van der Waals surface area contributed by atoms with Crippen molar-refractivity contribution in [1.82, 2.24) is 10.1 Å². The molecule has 1 heterocycles. The summed E-state index contributed by atoms with van der Waals surface area (Å²) in [5, 5.41) is 13.6. The Morgan fingerprint density at radius 1 is 1.33 bits per heavy atom. The fraction of sp³-hybridized carbons (Fsp3) is 0.250. The summed E-state index contributed by atoms with van der Waals surface area (Å²) in [4.78, 5) is 15.3. The van der Waals surface area contributed by atoms with Gasteiger partial charge in [-0.25, -0.2) is 0 Å². The number of aromatic nitrogens is 2. The van der Waals surface area contributed by atoms with E-state index in [0.717, 1.165) is 5.56 Å². The van der Waals surface area contributed by atoms with Crippen LogP contribution >= 0.6 is 11.6 Å². The van der Waals surface area contributed by atoms with E-state index in [1.807, 2.05) is 0 Å². The van der Waals surface area contributed by atoms with E-state index in [0.29, 0.717) is 23.7 Å². The maximum atomic E-state index is 11.1. The van der Waals surface area contributed by atoms with E-state index in [4.69, 9.17) is 21.2 Å². The summed E-state index contributed by atoms with van der Waals surface area (Å²) in [7, 11) is 0. The van der Waals surface area contributed by atoms with E-state index >= 15 is 0 Å². The van der Waals surface area contributed by atoms with Gasteiger partial charge in [0.1, 0.15) is 5.41 Å². The lowest BCUT2D eigenvalue weighted by atomic mass is 10.1. The molecule has 1 fully saturated rings. The van der Waals surface area contributed by atoms with Crippen molar-refractivity contribution in [3.63, 3.8) is 0 Å². The maximum Gasteiger partial charge on any atom is 0.319 e. The molecule has 0 saturated heterocycles.